The molecule has 3 N–H and O–H groups in total. The van der Waals surface area contributed by atoms with Crippen LogP contribution in [0.2, 0.25) is 0 Å². The molecule has 1 aromatic carbocycles. The Hall–Kier alpha value is -3.42. The van der Waals surface area contributed by atoms with E-state index in [1.54, 1.807) is 6.07 Å². The molecule has 31 heavy (non-hydrogen) atoms. The van der Waals surface area contributed by atoms with Gasteiger partial charge in [-0.2, -0.15) is 5.26 Å². The lowest BCUT2D eigenvalue weighted by atomic mass is 9.40. The highest BCUT2D eigenvalue weighted by Crippen LogP contribution is 2.67. The molecule has 156 valence electrons. The van der Waals surface area contributed by atoms with Crippen LogP contribution >= 0.6 is 0 Å². The second-order valence-electron chi connectivity index (χ2n) is 8.10. The Balaban J connectivity index is 1.57. The maximum Gasteiger partial charge on any atom is 0.241 e. The Morgan fingerprint density at radius 2 is 2.03 bits per heavy atom. The SMILES string of the molecule is [2H]C([2H])([2H])c1ccc(S(=O)(=O)NC23CC(C#N)(C2)C3)cc1-c1cnc(N)c(-c2ccncn2)n1. The van der Waals surface area contributed by atoms with Crippen molar-refractivity contribution in [3.05, 3.63) is 48.5 Å². The summed E-state index contributed by atoms with van der Waals surface area (Å²) in [6.07, 6.45) is 5.54. The molecule has 3 aliphatic carbocycles. The summed E-state index contributed by atoms with van der Waals surface area (Å²) in [6, 6.07) is 7.62. The summed E-state index contributed by atoms with van der Waals surface area (Å²) in [5, 5.41) is 9.20. The van der Waals surface area contributed by atoms with Gasteiger partial charge in [0.05, 0.1) is 34.0 Å². The van der Waals surface area contributed by atoms with Crippen LogP contribution in [-0.2, 0) is 10.0 Å². The van der Waals surface area contributed by atoms with E-state index in [0.717, 1.165) is 0 Å². The molecule has 9 nitrogen and oxygen atoms in total. The number of aryl methyl sites for hydroxylation is 1. The van der Waals surface area contributed by atoms with Gasteiger partial charge in [-0.3, -0.25) is 0 Å². The van der Waals surface area contributed by atoms with Crippen molar-refractivity contribution < 1.29 is 12.5 Å². The van der Waals surface area contributed by atoms with Crippen LogP contribution in [0, 0.1) is 23.6 Å². The van der Waals surface area contributed by atoms with Gasteiger partial charge in [-0.1, -0.05) is 6.07 Å². The molecule has 3 aromatic rings. The molecular weight excluding hydrogens is 414 g/mol. The second-order valence-corrected chi connectivity index (χ2v) is 9.78. The molecular formula is C21H19N7O2S. The first kappa shape index (κ1) is 16.3. The summed E-state index contributed by atoms with van der Waals surface area (Å²) < 4.78 is 52.8. The van der Waals surface area contributed by atoms with Crippen molar-refractivity contribution in [3.63, 3.8) is 0 Å². The Bertz CT molecular complexity index is 1430. The topological polar surface area (TPSA) is 148 Å². The molecule has 0 aliphatic heterocycles. The van der Waals surface area contributed by atoms with Crippen molar-refractivity contribution in [1.82, 2.24) is 24.7 Å². The van der Waals surface area contributed by atoms with Crippen LogP contribution < -0.4 is 10.5 Å². The lowest BCUT2D eigenvalue weighted by Gasteiger charge is -2.66. The fourth-order valence-electron chi connectivity index (χ4n) is 4.41. The van der Waals surface area contributed by atoms with E-state index >= 15 is 0 Å². The third-order valence-corrected chi connectivity index (χ3v) is 7.40. The third kappa shape index (κ3) is 3.13. The van der Waals surface area contributed by atoms with E-state index in [9.17, 15) is 13.7 Å². The molecule has 0 unspecified atom stereocenters. The molecule has 3 saturated carbocycles. The molecule has 2 bridgehead atoms. The van der Waals surface area contributed by atoms with Crippen LogP contribution in [0.4, 0.5) is 5.82 Å². The summed E-state index contributed by atoms with van der Waals surface area (Å²) in [5.74, 6) is 0.0818. The average Bonchev–Trinajstić information content (AvgIpc) is 2.75. The lowest BCUT2D eigenvalue weighted by Crippen LogP contribution is -2.74. The first-order chi connectivity index (χ1) is 16.0. The number of anilines is 1. The minimum Gasteiger partial charge on any atom is -0.382 e. The van der Waals surface area contributed by atoms with Crippen molar-refractivity contribution in [2.75, 3.05) is 5.73 Å². The summed E-state index contributed by atoms with van der Waals surface area (Å²) in [5.41, 5.74) is 5.70. The fourth-order valence-corrected chi connectivity index (χ4v) is 5.83. The van der Waals surface area contributed by atoms with E-state index in [1.807, 2.05) is 0 Å². The van der Waals surface area contributed by atoms with Crippen LogP contribution in [0.15, 0.2) is 47.9 Å². The normalized spacial score (nSPS) is 25.8. The molecule has 2 aromatic heterocycles. The smallest absolute Gasteiger partial charge is 0.241 e. The Morgan fingerprint density at radius 1 is 1.23 bits per heavy atom. The van der Waals surface area contributed by atoms with Gasteiger partial charge in [0, 0.05) is 21.4 Å². The molecule has 6 rings (SSSR count). The third-order valence-electron chi connectivity index (χ3n) is 5.82. The number of nitrogens with two attached hydrogens (primary N) is 1. The van der Waals surface area contributed by atoms with E-state index in [0.29, 0.717) is 25.0 Å². The molecule has 0 saturated heterocycles. The zero-order chi connectivity index (χ0) is 24.4. The van der Waals surface area contributed by atoms with Gasteiger partial charge in [-0.05, 0) is 49.9 Å². The zero-order valence-corrected chi connectivity index (χ0v) is 17.0. The quantitative estimate of drug-likeness (QED) is 0.618. The molecule has 0 spiro atoms. The number of benzene rings is 1. The predicted octanol–water partition coefficient (Wildman–Crippen LogP) is 2.22. The number of nitriles is 1. The highest BCUT2D eigenvalue weighted by molar-refractivity contribution is 7.89. The highest BCUT2D eigenvalue weighted by atomic mass is 32.2. The van der Waals surface area contributed by atoms with Gasteiger partial charge in [0.25, 0.3) is 0 Å². The Labute approximate surface area is 183 Å². The first-order valence-electron chi connectivity index (χ1n) is 11.0. The van der Waals surface area contributed by atoms with Crippen molar-refractivity contribution in [2.24, 2.45) is 5.41 Å². The van der Waals surface area contributed by atoms with Crippen molar-refractivity contribution in [2.45, 2.75) is 36.5 Å². The van der Waals surface area contributed by atoms with Crippen molar-refractivity contribution in [3.8, 4) is 28.7 Å². The maximum atomic E-state index is 13.1. The average molecular weight is 437 g/mol. The second kappa shape index (κ2) is 6.54. The number of nitrogens with one attached hydrogen (secondary N) is 1. The molecule has 0 amide bonds. The summed E-state index contributed by atoms with van der Waals surface area (Å²) in [4.78, 5) is 16.5. The number of hydrogen-bond acceptors (Lipinski definition) is 8. The van der Waals surface area contributed by atoms with Gasteiger partial charge in [-0.25, -0.2) is 33.1 Å². The van der Waals surface area contributed by atoms with E-state index < -0.39 is 27.8 Å². The van der Waals surface area contributed by atoms with Crippen LogP contribution in [0.25, 0.3) is 22.6 Å². The number of nitrogens with zero attached hydrogens (tertiary/aromatic N) is 5. The molecule has 10 heteroatoms. The zero-order valence-electron chi connectivity index (χ0n) is 19.2. The maximum absolute atomic E-state index is 13.1. The van der Waals surface area contributed by atoms with E-state index in [4.69, 9.17) is 9.85 Å². The Morgan fingerprint density at radius 3 is 2.71 bits per heavy atom. The molecule has 0 radical (unpaired) electrons. The fraction of sp³-hybridized carbons (Fsp3) is 0.286. The van der Waals surface area contributed by atoms with E-state index in [-0.39, 0.29) is 33.2 Å². The summed E-state index contributed by atoms with van der Waals surface area (Å²) in [7, 11) is -3.98. The highest BCUT2D eigenvalue weighted by Gasteiger charge is 2.69. The Kier molecular flexibility index (Phi) is 3.44. The minimum absolute atomic E-state index is 0.0758. The van der Waals surface area contributed by atoms with Crippen LogP contribution in [0.3, 0.4) is 0 Å². The van der Waals surface area contributed by atoms with Crippen LogP contribution in [-0.4, -0.2) is 33.9 Å². The van der Waals surface area contributed by atoms with Gasteiger partial charge in [-0.15, -0.1) is 0 Å². The largest absolute Gasteiger partial charge is 0.382 e. The number of hydrogen-bond donors (Lipinski definition) is 2. The summed E-state index contributed by atoms with van der Waals surface area (Å²) in [6.45, 7) is -2.53. The number of aromatic nitrogens is 4. The van der Waals surface area contributed by atoms with E-state index in [1.165, 1.54) is 36.9 Å². The van der Waals surface area contributed by atoms with Crippen molar-refractivity contribution in [1.29, 1.82) is 5.26 Å². The minimum atomic E-state index is -3.98. The number of rotatable bonds is 5. The molecule has 0 atom stereocenters. The van der Waals surface area contributed by atoms with Crippen LogP contribution in [0.5, 0.6) is 0 Å². The van der Waals surface area contributed by atoms with Gasteiger partial charge in [0.15, 0.2) is 5.82 Å². The van der Waals surface area contributed by atoms with E-state index in [2.05, 4.69) is 30.7 Å². The predicted molar refractivity (Wildman–Crippen MR) is 113 cm³/mol. The molecule has 3 aliphatic rings. The first-order valence-corrected chi connectivity index (χ1v) is 10.9. The number of nitrogen functional groups attached to an aromatic ring is 1. The van der Waals surface area contributed by atoms with Gasteiger partial charge in [0.2, 0.25) is 10.0 Å². The van der Waals surface area contributed by atoms with Crippen molar-refractivity contribution >= 4 is 15.8 Å². The lowest BCUT2D eigenvalue weighted by molar-refractivity contribution is -0.0946. The van der Waals surface area contributed by atoms with Gasteiger partial charge < -0.3 is 5.73 Å². The summed E-state index contributed by atoms with van der Waals surface area (Å²) >= 11 is 0. The monoisotopic (exact) mass is 436 g/mol. The van der Waals surface area contributed by atoms with Gasteiger partial charge in [0.1, 0.15) is 12.0 Å². The molecule has 2 heterocycles. The number of sulfonamides is 1. The van der Waals surface area contributed by atoms with Crippen LogP contribution in [0.1, 0.15) is 28.9 Å². The standard InChI is InChI=1S/C21H19N7O2S/c1-13-2-3-14(31(29,30)28-21-8-20(9-21,10-21)11-22)6-15(13)17-7-25-19(23)18(27-17)16-4-5-24-12-26-16/h2-7,12,28H,8-10H2,1H3,(H2,23,25)/i1D3. The van der Waals surface area contributed by atoms with Gasteiger partial charge >= 0.3 is 0 Å². The molecule has 3 fully saturated rings.